The summed E-state index contributed by atoms with van der Waals surface area (Å²) >= 11 is -4.49. The predicted octanol–water partition coefficient (Wildman–Crippen LogP) is -1.50. The van der Waals surface area contributed by atoms with E-state index in [-0.39, 0.29) is 42.6 Å². The molecule has 0 heterocycles. The number of nitrogens with one attached hydrogen (secondary N) is 1. The summed E-state index contributed by atoms with van der Waals surface area (Å²) in [5.41, 5.74) is 5.29. The van der Waals surface area contributed by atoms with E-state index >= 15 is 0 Å². The summed E-state index contributed by atoms with van der Waals surface area (Å²) in [6, 6.07) is 0. The van der Waals surface area contributed by atoms with Crippen LogP contribution in [0.5, 0.6) is 0 Å². The molecule has 0 spiro atoms. The molecule has 7 N–H and O–H groups in total. The van der Waals surface area contributed by atoms with Crippen LogP contribution in [-0.4, -0.2) is 87.0 Å². The van der Waals surface area contributed by atoms with Crippen LogP contribution in [0.2, 0.25) is 21.3 Å². The molecule has 0 fully saturated rings. The Labute approximate surface area is 149 Å². The summed E-state index contributed by atoms with van der Waals surface area (Å²) in [6.45, 7) is -0.0803. The van der Waals surface area contributed by atoms with Gasteiger partial charge < -0.3 is 0 Å². The molecule has 0 aliphatic heterocycles. The van der Waals surface area contributed by atoms with Gasteiger partial charge in [-0.25, -0.2) is 0 Å². The van der Waals surface area contributed by atoms with Gasteiger partial charge in [0.2, 0.25) is 0 Å². The minimum atomic E-state index is -4.49. The second-order valence-corrected chi connectivity index (χ2v) is 11.1. The van der Waals surface area contributed by atoms with Crippen molar-refractivity contribution < 1.29 is 51.6 Å². The molecule has 0 radical (unpaired) electrons. The summed E-state index contributed by atoms with van der Waals surface area (Å²) in [7, 11) is 0. The number of carboxylic acid groups (broad SMARTS) is 4. The second kappa shape index (κ2) is 9.46. The zero-order chi connectivity index (χ0) is 16.7. The van der Waals surface area contributed by atoms with Crippen LogP contribution in [0.15, 0.2) is 0 Å². The van der Waals surface area contributed by atoms with Gasteiger partial charge in [0.1, 0.15) is 0 Å². The van der Waals surface area contributed by atoms with Gasteiger partial charge in [-0.2, -0.15) is 0 Å². The summed E-state index contributed by atoms with van der Waals surface area (Å²) in [5, 5.41) is 32.8. The van der Waals surface area contributed by atoms with Crippen LogP contribution in [0.4, 0.5) is 0 Å². The fourth-order valence-corrected chi connectivity index (χ4v) is 7.69. The van der Waals surface area contributed by atoms with Gasteiger partial charge >= 0.3 is 149 Å². The van der Waals surface area contributed by atoms with E-state index in [1.54, 1.807) is 0 Å². The first kappa shape index (κ1) is 23.6. The van der Waals surface area contributed by atoms with Crippen molar-refractivity contribution >= 4 is 53.4 Å². The Morgan fingerprint density at radius 1 is 0.773 bits per heavy atom. The average Bonchev–Trinajstić information content (AvgIpc) is 2.21. The summed E-state index contributed by atoms with van der Waals surface area (Å²) in [6.07, 6.45) is 0. The van der Waals surface area contributed by atoms with Crippen molar-refractivity contribution in [2.75, 3.05) is 13.1 Å². The van der Waals surface area contributed by atoms with Gasteiger partial charge in [0.15, 0.2) is 0 Å². The second-order valence-electron chi connectivity index (χ2n) is 4.30. The maximum absolute atomic E-state index is 11.1. The average molecular weight is 375 g/mol. The van der Waals surface area contributed by atoms with Gasteiger partial charge in [-0.15, -0.1) is 0 Å². The third-order valence-corrected chi connectivity index (χ3v) is 9.13. The van der Waals surface area contributed by atoms with E-state index in [4.69, 9.17) is 26.2 Å². The Morgan fingerprint density at radius 2 is 1.05 bits per heavy atom. The first-order chi connectivity index (χ1) is 9.54. The Morgan fingerprint density at radius 3 is 1.23 bits per heavy atom. The van der Waals surface area contributed by atoms with Crippen LogP contribution in [0.3, 0.4) is 0 Å². The van der Waals surface area contributed by atoms with E-state index in [0.29, 0.717) is 0 Å². The number of rotatable bonds is 11. The first-order valence-electron chi connectivity index (χ1n) is 5.56. The Bertz CT molecular complexity index is 383. The quantitative estimate of drug-likeness (QED) is 0.232. The molecule has 0 saturated carbocycles. The Kier molecular flexibility index (Phi) is 10.1. The fourth-order valence-electron chi connectivity index (χ4n) is 1.86. The monoisotopic (exact) mass is 375 g/mol. The van der Waals surface area contributed by atoms with Crippen LogP contribution >= 0.6 is 0 Å². The van der Waals surface area contributed by atoms with Crippen molar-refractivity contribution in [3.63, 3.8) is 0 Å². The van der Waals surface area contributed by atoms with Crippen molar-refractivity contribution in [1.82, 2.24) is 4.33 Å². The topological polar surface area (TPSA) is 187 Å². The van der Waals surface area contributed by atoms with Gasteiger partial charge in [0.05, 0.1) is 0 Å². The SMILES string of the molecule is NCC[NH][Fe]([CH2]C(=O)O)([CH2]C(=O)O)([CH2]C(=O)O)[CH2]C(=O)O.[NaH]. The Balaban J connectivity index is 0. The molecule has 12 heteroatoms. The molecule has 0 amide bonds. The molecule has 22 heavy (non-hydrogen) atoms. The van der Waals surface area contributed by atoms with E-state index in [9.17, 15) is 19.2 Å². The van der Waals surface area contributed by atoms with Gasteiger partial charge in [0, 0.05) is 0 Å². The predicted molar refractivity (Wildman–Crippen MR) is 74.0 cm³/mol. The van der Waals surface area contributed by atoms with Crippen LogP contribution in [0, 0.1) is 0 Å². The molecule has 0 bridgehead atoms. The maximum atomic E-state index is 11.1. The zero-order valence-corrected chi connectivity index (χ0v) is 12.2. The molecular weight excluding hydrogens is 355 g/mol. The molecule has 0 rings (SSSR count). The van der Waals surface area contributed by atoms with Crippen molar-refractivity contribution in [2.24, 2.45) is 5.73 Å². The Hall–Kier alpha value is -0.681. The van der Waals surface area contributed by atoms with Crippen LogP contribution in [0.25, 0.3) is 0 Å². The van der Waals surface area contributed by atoms with Crippen molar-refractivity contribution in [3.05, 3.63) is 0 Å². The van der Waals surface area contributed by atoms with Crippen LogP contribution < -0.4 is 10.1 Å². The molecule has 10 nitrogen and oxygen atoms in total. The summed E-state index contributed by atoms with van der Waals surface area (Å²) in [5.74, 6) is -5.81. The van der Waals surface area contributed by atoms with Crippen molar-refractivity contribution in [3.8, 4) is 0 Å². The van der Waals surface area contributed by atoms with Gasteiger partial charge in [-0.3, -0.25) is 0 Å². The molecule has 0 aromatic carbocycles. The van der Waals surface area contributed by atoms with Gasteiger partial charge in [0.25, 0.3) is 0 Å². The standard InChI is InChI=1S/C2H7N2.4C2H3O2.Fe.Na.H/c3-1-2-4;4*1-2(3)4;;;/h3H,1-2,4H2;4*1H2,(H,3,4);;;/q-1;;;;;+1;;. The zero-order valence-electron chi connectivity index (χ0n) is 11.1. The van der Waals surface area contributed by atoms with Crippen molar-refractivity contribution in [1.29, 1.82) is 0 Å². The van der Waals surface area contributed by atoms with Gasteiger partial charge in [-0.1, -0.05) is 0 Å². The fraction of sp³-hybridized carbons (Fsp3) is 0.600. The van der Waals surface area contributed by atoms with E-state index < -0.39 is 57.2 Å². The minimum absolute atomic E-state index is 0. The van der Waals surface area contributed by atoms with Crippen molar-refractivity contribution in [2.45, 2.75) is 21.3 Å². The van der Waals surface area contributed by atoms with E-state index in [0.717, 1.165) is 0 Å². The van der Waals surface area contributed by atoms with Crippen LogP contribution in [0.1, 0.15) is 0 Å². The molecule has 0 aliphatic rings. The molecular formula is C10H20FeN2NaO8. The molecule has 0 unspecified atom stereocenters. The number of nitrogens with two attached hydrogens (primary N) is 1. The number of hydrogen-bond acceptors (Lipinski definition) is 6. The van der Waals surface area contributed by atoms with E-state index in [1.165, 1.54) is 0 Å². The van der Waals surface area contributed by atoms with Crippen LogP contribution in [-0.2, 0) is 31.2 Å². The third kappa shape index (κ3) is 7.54. The first-order valence-corrected chi connectivity index (χ1v) is 9.24. The number of aliphatic carboxylic acids is 4. The molecule has 0 atom stereocenters. The van der Waals surface area contributed by atoms with E-state index in [1.807, 2.05) is 0 Å². The molecule has 0 aromatic heterocycles. The molecule has 0 aliphatic carbocycles. The number of hydrogen-bond donors (Lipinski definition) is 6. The molecule has 127 valence electrons. The summed E-state index contributed by atoms with van der Waals surface area (Å²) < 4.78 is 2.62. The molecule has 0 aromatic rings. The number of carboxylic acids is 4. The third-order valence-electron chi connectivity index (χ3n) is 2.32. The summed E-state index contributed by atoms with van der Waals surface area (Å²) in [4.78, 5) is 44.5. The molecule has 0 saturated heterocycles. The normalized spacial score (nSPS) is 12.5. The number of carbonyl (C=O) groups is 4. The van der Waals surface area contributed by atoms with E-state index in [2.05, 4.69) is 4.33 Å². The van der Waals surface area contributed by atoms with Gasteiger partial charge in [-0.05, 0) is 0 Å².